The molecule has 3 aromatic carbocycles. The molecule has 0 bridgehead atoms. The van der Waals surface area contributed by atoms with Crippen molar-refractivity contribution in [1.29, 1.82) is 0 Å². The maximum atomic E-state index is 14.8. The predicted molar refractivity (Wildman–Crippen MR) is 122 cm³/mol. The highest BCUT2D eigenvalue weighted by Gasteiger charge is 2.43. The number of fused-ring (bicyclic) bond motifs is 1. The number of benzene rings is 3. The molecule has 0 saturated heterocycles. The molecule has 1 aliphatic rings. The van der Waals surface area contributed by atoms with Crippen molar-refractivity contribution in [2.45, 2.75) is 18.4 Å². The third-order valence-corrected chi connectivity index (χ3v) is 5.94. The Morgan fingerprint density at radius 2 is 1.89 bits per heavy atom. The number of nitrogens with one attached hydrogen (secondary N) is 1. The second-order valence-electron chi connectivity index (χ2n) is 7.63. The molecule has 11 heteroatoms. The second kappa shape index (κ2) is 9.67. The molecule has 0 unspecified atom stereocenters. The van der Waals surface area contributed by atoms with Gasteiger partial charge in [0.2, 0.25) is 0 Å². The van der Waals surface area contributed by atoms with E-state index in [2.05, 4.69) is 5.32 Å². The monoisotopic (exact) mass is 525 g/mol. The molecule has 0 saturated carbocycles. The number of anilines is 1. The molecular formula is C24H16Cl2F3NO5. The van der Waals surface area contributed by atoms with Gasteiger partial charge in [-0.15, -0.1) is 0 Å². The van der Waals surface area contributed by atoms with E-state index >= 15 is 0 Å². The lowest BCUT2D eigenvalue weighted by Crippen LogP contribution is -2.26. The number of ether oxygens (including phenoxy) is 2. The maximum absolute atomic E-state index is 14.8. The van der Waals surface area contributed by atoms with Gasteiger partial charge in [0.1, 0.15) is 29.2 Å². The lowest BCUT2D eigenvalue weighted by Gasteiger charge is -2.16. The fraction of sp³-hybridized carbons (Fsp3) is 0.167. The number of carboxylic acid groups (broad SMARTS) is 1. The second-order valence-corrected chi connectivity index (χ2v) is 8.42. The minimum Gasteiger partial charge on any atom is -0.488 e. The molecule has 0 radical (unpaired) electrons. The van der Waals surface area contributed by atoms with Crippen molar-refractivity contribution in [3.63, 3.8) is 0 Å². The van der Waals surface area contributed by atoms with Gasteiger partial charge >= 0.3 is 11.9 Å². The number of alkyl halides is 2. The van der Waals surface area contributed by atoms with Crippen molar-refractivity contribution in [2.75, 3.05) is 11.9 Å². The van der Waals surface area contributed by atoms with Crippen LogP contribution in [0.2, 0.25) is 10.0 Å². The third-order valence-electron chi connectivity index (χ3n) is 5.26. The van der Waals surface area contributed by atoms with Gasteiger partial charge in [0.25, 0.3) is 5.91 Å². The Kier molecular flexibility index (Phi) is 6.82. The Labute approximate surface area is 207 Å². The first-order valence-corrected chi connectivity index (χ1v) is 10.9. The molecule has 0 fully saturated rings. The van der Waals surface area contributed by atoms with Crippen molar-refractivity contribution in [3.8, 4) is 11.5 Å². The summed E-state index contributed by atoms with van der Waals surface area (Å²) >= 11 is 11.7. The van der Waals surface area contributed by atoms with Crippen LogP contribution in [0.5, 0.6) is 11.5 Å². The number of aliphatic carboxylic acids is 1. The van der Waals surface area contributed by atoms with Crippen molar-refractivity contribution in [2.24, 2.45) is 0 Å². The SMILES string of the molecule is O=C(Nc1ccc(Cl)c(C(F)(F)C(=O)O)c1)c1ccc(OC[C@@H]2Cc3ccccc3O2)c(Cl)c1F. The minimum atomic E-state index is -4.30. The van der Waals surface area contributed by atoms with Crippen LogP contribution < -0.4 is 14.8 Å². The molecule has 0 spiro atoms. The van der Waals surface area contributed by atoms with Crippen LogP contribution in [0.15, 0.2) is 54.6 Å². The van der Waals surface area contributed by atoms with Crippen molar-refractivity contribution in [3.05, 3.63) is 87.2 Å². The van der Waals surface area contributed by atoms with Gasteiger partial charge in [0, 0.05) is 12.1 Å². The summed E-state index contributed by atoms with van der Waals surface area (Å²) in [5.41, 5.74) is -0.697. The maximum Gasteiger partial charge on any atom is 0.379 e. The van der Waals surface area contributed by atoms with Crippen LogP contribution in [0.25, 0.3) is 0 Å². The molecule has 1 aliphatic heterocycles. The van der Waals surface area contributed by atoms with Gasteiger partial charge in [0.05, 0.1) is 16.1 Å². The molecule has 4 rings (SSSR count). The summed E-state index contributed by atoms with van der Waals surface area (Å²) in [6.07, 6.45) is 0.318. The van der Waals surface area contributed by atoms with E-state index in [1.165, 1.54) is 6.07 Å². The Balaban J connectivity index is 1.46. The number of carboxylic acids is 1. The van der Waals surface area contributed by atoms with E-state index in [9.17, 15) is 22.8 Å². The van der Waals surface area contributed by atoms with Gasteiger partial charge < -0.3 is 19.9 Å². The normalized spacial score (nSPS) is 14.7. The topological polar surface area (TPSA) is 84.9 Å². The highest BCUT2D eigenvalue weighted by molar-refractivity contribution is 6.33. The number of carbonyl (C=O) groups is 2. The summed E-state index contributed by atoms with van der Waals surface area (Å²) in [6, 6.07) is 12.8. The van der Waals surface area contributed by atoms with Crippen LogP contribution in [0.4, 0.5) is 18.9 Å². The van der Waals surface area contributed by atoms with Crippen molar-refractivity contribution in [1.82, 2.24) is 0 Å². The molecule has 0 aliphatic carbocycles. The number of hydrogen-bond donors (Lipinski definition) is 2. The average molecular weight is 526 g/mol. The van der Waals surface area contributed by atoms with Crippen LogP contribution in [-0.4, -0.2) is 29.7 Å². The predicted octanol–water partition coefficient (Wildman–Crippen LogP) is 5.94. The Bertz CT molecular complexity index is 1290. The van der Waals surface area contributed by atoms with Gasteiger partial charge in [-0.1, -0.05) is 41.4 Å². The first-order valence-electron chi connectivity index (χ1n) is 10.2. The number of rotatable bonds is 7. The van der Waals surface area contributed by atoms with E-state index in [4.69, 9.17) is 37.8 Å². The number of amides is 1. The Morgan fingerprint density at radius 3 is 2.60 bits per heavy atom. The lowest BCUT2D eigenvalue weighted by molar-refractivity contribution is -0.166. The smallest absolute Gasteiger partial charge is 0.379 e. The average Bonchev–Trinajstić information content (AvgIpc) is 3.24. The van der Waals surface area contributed by atoms with E-state index in [1.807, 2.05) is 24.3 Å². The number of carbonyl (C=O) groups excluding carboxylic acids is 1. The number of para-hydroxylation sites is 1. The van der Waals surface area contributed by atoms with E-state index in [0.29, 0.717) is 12.5 Å². The quantitative estimate of drug-likeness (QED) is 0.398. The van der Waals surface area contributed by atoms with Gasteiger partial charge in [0.15, 0.2) is 5.82 Å². The largest absolute Gasteiger partial charge is 0.488 e. The van der Waals surface area contributed by atoms with Crippen molar-refractivity contribution < 1.29 is 37.3 Å². The first-order chi connectivity index (χ1) is 16.6. The lowest BCUT2D eigenvalue weighted by atomic mass is 10.1. The van der Waals surface area contributed by atoms with Crippen molar-refractivity contribution >= 4 is 40.8 Å². The van der Waals surface area contributed by atoms with E-state index in [1.54, 1.807) is 0 Å². The summed E-state index contributed by atoms with van der Waals surface area (Å²) in [5.74, 6) is -8.05. The van der Waals surface area contributed by atoms with E-state index in [-0.39, 0.29) is 24.1 Å². The van der Waals surface area contributed by atoms with Crippen LogP contribution in [-0.2, 0) is 17.1 Å². The van der Waals surface area contributed by atoms with Crippen LogP contribution >= 0.6 is 23.2 Å². The van der Waals surface area contributed by atoms with Crippen LogP contribution in [0.1, 0.15) is 21.5 Å². The van der Waals surface area contributed by atoms with Gasteiger partial charge in [-0.2, -0.15) is 8.78 Å². The molecule has 6 nitrogen and oxygen atoms in total. The van der Waals surface area contributed by atoms with Crippen LogP contribution in [0, 0.1) is 5.82 Å². The van der Waals surface area contributed by atoms with Gasteiger partial charge in [-0.05, 0) is 42.0 Å². The minimum absolute atomic E-state index is 0.00449. The van der Waals surface area contributed by atoms with Crippen LogP contribution in [0.3, 0.4) is 0 Å². The summed E-state index contributed by atoms with van der Waals surface area (Å²) in [4.78, 5) is 23.4. The highest BCUT2D eigenvalue weighted by atomic mass is 35.5. The highest BCUT2D eigenvalue weighted by Crippen LogP contribution is 2.36. The summed E-state index contributed by atoms with van der Waals surface area (Å²) < 4.78 is 54.0. The number of hydrogen-bond acceptors (Lipinski definition) is 4. The molecule has 1 heterocycles. The van der Waals surface area contributed by atoms with Gasteiger partial charge in [-0.3, -0.25) is 4.79 Å². The van der Waals surface area contributed by atoms with E-state index < -0.39 is 44.8 Å². The molecule has 182 valence electrons. The molecule has 35 heavy (non-hydrogen) atoms. The number of halogens is 5. The Hall–Kier alpha value is -3.43. The zero-order valence-corrected chi connectivity index (χ0v) is 19.2. The molecule has 1 atom stereocenters. The fourth-order valence-electron chi connectivity index (χ4n) is 3.51. The first kappa shape index (κ1) is 24.7. The summed E-state index contributed by atoms with van der Waals surface area (Å²) in [5, 5.41) is 10.0. The zero-order valence-electron chi connectivity index (χ0n) is 17.7. The molecule has 1 amide bonds. The molecule has 0 aromatic heterocycles. The zero-order chi connectivity index (χ0) is 25.3. The molecule has 2 N–H and O–H groups in total. The Morgan fingerprint density at radius 1 is 1.14 bits per heavy atom. The molecule has 3 aromatic rings. The van der Waals surface area contributed by atoms with E-state index in [0.717, 1.165) is 29.5 Å². The summed E-state index contributed by atoms with van der Waals surface area (Å²) in [7, 11) is 0. The van der Waals surface area contributed by atoms with Gasteiger partial charge in [-0.25, -0.2) is 9.18 Å². The third kappa shape index (κ3) is 5.01. The standard InChI is InChI=1S/C24H16Cl2F3NO5/c25-17-7-5-13(10-16(17)24(28,29)23(32)33)30-22(31)15-6-8-19(20(26)21(15)27)34-11-14-9-12-3-1-2-4-18(12)35-14/h1-8,10,14H,9,11H2,(H,30,31)(H,32,33)/t14-/m0/s1. The molecular weight excluding hydrogens is 510 g/mol. The fourth-order valence-corrected chi connectivity index (χ4v) is 3.96. The summed E-state index contributed by atoms with van der Waals surface area (Å²) in [6.45, 7) is 0.0880.